The average Bonchev–Trinajstić information content (AvgIpc) is 2.61. The van der Waals surface area contributed by atoms with Crippen LogP contribution in [0.15, 0.2) is 24.4 Å². The number of carbonyl (C=O) groups is 1. The minimum Gasteiger partial charge on any atom is -0.368 e. The highest BCUT2D eigenvalue weighted by Gasteiger charge is 2.12. The van der Waals surface area contributed by atoms with Gasteiger partial charge in [-0.05, 0) is 31.0 Å². The fourth-order valence-corrected chi connectivity index (χ4v) is 1.80. The molecule has 0 saturated carbocycles. The van der Waals surface area contributed by atoms with Crippen molar-refractivity contribution in [1.82, 2.24) is 4.98 Å². The van der Waals surface area contributed by atoms with Gasteiger partial charge in [0.25, 0.3) is 0 Å². The van der Waals surface area contributed by atoms with Crippen molar-refractivity contribution in [2.24, 2.45) is 11.5 Å². The maximum atomic E-state index is 10.9. The standard InChI is InChI=1S/C12H15N3O/c1-7-2-3-11-9(4-7)8(6-15-11)5-10(13)12(14)16/h2-4,6,10,15H,5,13H2,1H3,(H2,14,16)/t10-/m0/s1. The summed E-state index contributed by atoms with van der Waals surface area (Å²) in [6.45, 7) is 2.03. The lowest BCUT2D eigenvalue weighted by atomic mass is 10.0. The molecule has 5 N–H and O–H groups in total. The Labute approximate surface area is 93.6 Å². The Hall–Kier alpha value is -1.81. The van der Waals surface area contributed by atoms with Crippen molar-refractivity contribution in [3.8, 4) is 0 Å². The van der Waals surface area contributed by atoms with Crippen molar-refractivity contribution in [3.63, 3.8) is 0 Å². The normalized spacial score (nSPS) is 12.9. The summed E-state index contributed by atoms with van der Waals surface area (Å²) >= 11 is 0. The molecule has 0 bridgehead atoms. The molecule has 0 spiro atoms. The Balaban J connectivity index is 2.37. The first-order valence-electron chi connectivity index (χ1n) is 5.19. The number of nitrogens with one attached hydrogen (secondary N) is 1. The number of rotatable bonds is 3. The first-order valence-corrected chi connectivity index (χ1v) is 5.19. The van der Waals surface area contributed by atoms with Crippen LogP contribution in [0.3, 0.4) is 0 Å². The summed E-state index contributed by atoms with van der Waals surface area (Å²) in [5.41, 5.74) is 14.1. The number of H-pyrrole nitrogens is 1. The molecule has 2 rings (SSSR count). The van der Waals surface area contributed by atoms with Crippen molar-refractivity contribution in [2.75, 3.05) is 0 Å². The van der Waals surface area contributed by atoms with Crippen molar-refractivity contribution in [2.45, 2.75) is 19.4 Å². The summed E-state index contributed by atoms with van der Waals surface area (Å²) in [7, 11) is 0. The Morgan fingerprint density at radius 1 is 1.50 bits per heavy atom. The minimum atomic E-state index is -0.625. The minimum absolute atomic E-state index is 0.470. The Morgan fingerprint density at radius 3 is 2.94 bits per heavy atom. The summed E-state index contributed by atoms with van der Waals surface area (Å²) in [5, 5.41) is 1.11. The number of aromatic amines is 1. The Kier molecular flexibility index (Phi) is 2.66. The second kappa shape index (κ2) is 3.98. The maximum absolute atomic E-state index is 10.9. The highest BCUT2D eigenvalue weighted by Crippen LogP contribution is 2.20. The lowest BCUT2D eigenvalue weighted by Gasteiger charge is -2.06. The molecule has 0 aliphatic rings. The van der Waals surface area contributed by atoms with E-state index in [0.29, 0.717) is 6.42 Å². The number of primary amides is 1. The maximum Gasteiger partial charge on any atom is 0.234 e. The molecule has 1 atom stereocenters. The molecule has 0 aliphatic heterocycles. The van der Waals surface area contributed by atoms with E-state index in [1.165, 1.54) is 5.56 Å². The molecule has 0 unspecified atom stereocenters. The van der Waals surface area contributed by atoms with Crippen LogP contribution >= 0.6 is 0 Å². The van der Waals surface area contributed by atoms with Gasteiger partial charge in [-0.3, -0.25) is 4.79 Å². The predicted molar refractivity (Wildman–Crippen MR) is 63.9 cm³/mol. The Morgan fingerprint density at radius 2 is 2.25 bits per heavy atom. The van der Waals surface area contributed by atoms with Gasteiger partial charge in [0.15, 0.2) is 0 Å². The van der Waals surface area contributed by atoms with E-state index in [2.05, 4.69) is 11.1 Å². The number of benzene rings is 1. The quantitative estimate of drug-likeness (QED) is 0.711. The van der Waals surface area contributed by atoms with Gasteiger partial charge in [-0.1, -0.05) is 11.6 Å². The van der Waals surface area contributed by atoms with Crippen LogP contribution in [-0.4, -0.2) is 16.9 Å². The smallest absolute Gasteiger partial charge is 0.234 e. The number of hydrogen-bond donors (Lipinski definition) is 3. The molecule has 1 amide bonds. The third kappa shape index (κ3) is 1.92. The van der Waals surface area contributed by atoms with Gasteiger partial charge in [0, 0.05) is 17.1 Å². The second-order valence-electron chi connectivity index (χ2n) is 4.08. The van der Waals surface area contributed by atoms with Gasteiger partial charge in [-0.25, -0.2) is 0 Å². The molecule has 1 aromatic heterocycles. The first-order chi connectivity index (χ1) is 7.58. The zero-order valence-electron chi connectivity index (χ0n) is 9.16. The fraction of sp³-hybridized carbons (Fsp3) is 0.250. The lowest BCUT2D eigenvalue weighted by Crippen LogP contribution is -2.38. The number of aromatic nitrogens is 1. The fourth-order valence-electron chi connectivity index (χ4n) is 1.80. The van der Waals surface area contributed by atoms with Crippen LogP contribution in [0, 0.1) is 6.92 Å². The van der Waals surface area contributed by atoms with Crippen LogP contribution in [0.5, 0.6) is 0 Å². The molecule has 16 heavy (non-hydrogen) atoms. The van der Waals surface area contributed by atoms with Gasteiger partial charge in [0.05, 0.1) is 6.04 Å². The average molecular weight is 217 g/mol. The molecule has 0 saturated heterocycles. The molecule has 1 aromatic carbocycles. The SMILES string of the molecule is Cc1ccc2[nH]cc(C[C@H](N)C(N)=O)c2c1. The number of hydrogen-bond acceptors (Lipinski definition) is 2. The molecule has 1 heterocycles. The Bertz CT molecular complexity index is 530. The summed E-state index contributed by atoms with van der Waals surface area (Å²) in [6, 6.07) is 5.51. The molecular weight excluding hydrogens is 202 g/mol. The molecular formula is C12H15N3O. The third-order valence-corrected chi connectivity index (χ3v) is 2.73. The zero-order valence-corrected chi connectivity index (χ0v) is 9.16. The van der Waals surface area contributed by atoms with Crippen molar-refractivity contribution >= 4 is 16.8 Å². The lowest BCUT2D eigenvalue weighted by molar-refractivity contribution is -0.119. The van der Waals surface area contributed by atoms with Crippen molar-refractivity contribution < 1.29 is 4.79 Å². The van der Waals surface area contributed by atoms with Crippen LogP contribution in [-0.2, 0) is 11.2 Å². The number of amides is 1. The van der Waals surface area contributed by atoms with Crippen molar-refractivity contribution in [3.05, 3.63) is 35.5 Å². The molecule has 2 aromatic rings. The first kappa shape index (κ1) is 10.7. The van der Waals surface area contributed by atoms with Gasteiger partial charge < -0.3 is 16.5 Å². The van der Waals surface area contributed by atoms with E-state index in [1.807, 2.05) is 25.3 Å². The van der Waals surface area contributed by atoms with Crippen LogP contribution in [0.1, 0.15) is 11.1 Å². The summed E-state index contributed by atoms with van der Waals surface area (Å²) in [4.78, 5) is 14.1. The van der Waals surface area contributed by atoms with E-state index in [0.717, 1.165) is 16.5 Å². The number of aryl methyl sites for hydroxylation is 1. The van der Waals surface area contributed by atoms with E-state index >= 15 is 0 Å². The molecule has 0 fully saturated rings. The van der Waals surface area contributed by atoms with Crippen LogP contribution in [0.2, 0.25) is 0 Å². The molecule has 4 heteroatoms. The summed E-state index contributed by atoms with van der Waals surface area (Å²) in [6.07, 6.45) is 2.35. The topological polar surface area (TPSA) is 84.9 Å². The summed E-state index contributed by atoms with van der Waals surface area (Å²) < 4.78 is 0. The molecule has 0 aliphatic carbocycles. The van der Waals surface area contributed by atoms with Gasteiger partial charge >= 0.3 is 0 Å². The highest BCUT2D eigenvalue weighted by atomic mass is 16.1. The van der Waals surface area contributed by atoms with E-state index in [9.17, 15) is 4.79 Å². The number of carbonyl (C=O) groups excluding carboxylic acids is 1. The number of fused-ring (bicyclic) bond motifs is 1. The van der Waals surface area contributed by atoms with Crippen LogP contribution in [0.25, 0.3) is 10.9 Å². The van der Waals surface area contributed by atoms with E-state index in [-0.39, 0.29) is 0 Å². The number of nitrogens with two attached hydrogens (primary N) is 2. The van der Waals surface area contributed by atoms with Gasteiger partial charge in [-0.2, -0.15) is 0 Å². The predicted octanol–water partition coefficient (Wildman–Crippen LogP) is 0.831. The van der Waals surface area contributed by atoms with E-state index < -0.39 is 11.9 Å². The monoisotopic (exact) mass is 217 g/mol. The van der Waals surface area contributed by atoms with E-state index in [1.54, 1.807) is 0 Å². The van der Waals surface area contributed by atoms with Crippen LogP contribution in [0.4, 0.5) is 0 Å². The van der Waals surface area contributed by atoms with Crippen LogP contribution < -0.4 is 11.5 Å². The summed E-state index contributed by atoms with van der Waals surface area (Å²) in [5.74, 6) is -0.470. The van der Waals surface area contributed by atoms with Gasteiger partial charge in [-0.15, -0.1) is 0 Å². The van der Waals surface area contributed by atoms with Gasteiger partial charge in [0.2, 0.25) is 5.91 Å². The van der Waals surface area contributed by atoms with Gasteiger partial charge in [0.1, 0.15) is 0 Å². The molecule has 0 radical (unpaired) electrons. The van der Waals surface area contributed by atoms with E-state index in [4.69, 9.17) is 11.5 Å². The largest absolute Gasteiger partial charge is 0.368 e. The van der Waals surface area contributed by atoms with Crippen molar-refractivity contribution in [1.29, 1.82) is 0 Å². The molecule has 4 nitrogen and oxygen atoms in total. The third-order valence-electron chi connectivity index (χ3n) is 2.73. The highest BCUT2D eigenvalue weighted by molar-refractivity contribution is 5.85. The molecule has 84 valence electrons. The second-order valence-corrected chi connectivity index (χ2v) is 4.08. The zero-order chi connectivity index (χ0) is 11.7.